The van der Waals surface area contributed by atoms with Crippen molar-refractivity contribution in [3.63, 3.8) is 0 Å². The summed E-state index contributed by atoms with van der Waals surface area (Å²) >= 11 is 4.75. The number of carbonyl (C=O) groups is 1. The van der Waals surface area contributed by atoms with Gasteiger partial charge in [0.25, 0.3) is 0 Å². The Bertz CT molecular complexity index is 1040. The number of aromatic nitrogens is 3. The molecule has 0 unspecified atom stereocenters. The molecule has 0 aliphatic carbocycles. The van der Waals surface area contributed by atoms with Crippen LogP contribution in [0.2, 0.25) is 0 Å². The molecule has 0 atom stereocenters. The van der Waals surface area contributed by atoms with Crippen LogP contribution in [-0.4, -0.2) is 31.5 Å². The number of halogens is 1. The number of phenols is 1. The summed E-state index contributed by atoms with van der Waals surface area (Å²) < 4.78 is 2.81. The fourth-order valence-electron chi connectivity index (χ4n) is 2.96. The first-order valence-electron chi connectivity index (χ1n) is 8.92. The quantitative estimate of drug-likeness (QED) is 0.375. The van der Waals surface area contributed by atoms with Gasteiger partial charge in [0, 0.05) is 16.7 Å². The molecular formula is C21H21BrN4O2S. The number of anilines is 1. The summed E-state index contributed by atoms with van der Waals surface area (Å²) in [6.45, 7) is 8.16. The van der Waals surface area contributed by atoms with Crippen molar-refractivity contribution in [2.45, 2.75) is 25.5 Å². The number of carbonyl (C=O) groups excluding carboxylic acids is 1. The van der Waals surface area contributed by atoms with Crippen LogP contribution in [0.25, 0.3) is 11.4 Å². The van der Waals surface area contributed by atoms with Crippen LogP contribution in [0.5, 0.6) is 5.75 Å². The average molecular weight is 473 g/mol. The number of nitrogens with one attached hydrogen (secondary N) is 1. The third-order valence-electron chi connectivity index (χ3n) is 4.27. The molecule has 0 fully saturated rings. The van der Waals surface area contributed by atoms with Crippen LogP contribution in [-0.2, 0) is 11.3 Å². The highest BCUT2D eigenvalue weighted by molar-refractivity contribution is 9.10. The van der Waals surface area contributed by atoms with Crippen LogP contribution in [0, 0.1) is 13.8 Å². The molecule has 0 radical (unpaired) electrons. The molecule has 2 N–H and O–H groups in total. The Morgan fingerprint density at radius 2 is 1.97 bits per heavy atom. The summed E-state index contributed by atoms with van der Waals surface area (Å²) in [7, 11) is 0. The van der Waals surface area contributed by atoms with Crippen LogP contribution in [0.3, 0.4) is 0 Å². The summed E-state index contributed by atoms with van der Waals surface area (Å²) in [5, 5.41) is 22.1. The van der Waals surface area contributed by atoms with Crippen LogP contribution in [0.4, 0.5) is 5.69 Å². The molecule has 0 aliphatic heterocycles. The number of phenolic OH excluding ortho intramolecular Hbond substituents is 1. The summed E-state index contributed by atoms with van der Waals surface area (Å²) in [5.74, 6) is 0.720. The van der Waals surface area contributed by atoms with E-state index in [0.717, 1.165) is 21.3 Å². The Hall–Kier alpha value is -2.58. The van der Waals surface area contributed by atoms with E-state index in [-0.39, 0.29) is 17.4 Å². The van der Waals surface area contributed by atoms with Gasteiger partial charge in [-0.3, -0.25) is 9.36 Å². The maximum absolute atomic E-state index is 12.5. The number of rotatable bonds is 7. The van der Waals surface area contributed by atoms with Gasteiger partial charge in [-0.05, 0) is 49.2 Å². The lowest BCUT2D eigenvalue weighted by Gasteiger charge is -2.12. The van der Waals surface area contributed by atoms with Crippen molar-refractivity contribution in [3.05, 3.63) is 64.7 Å². The Balaban J connectivity index is 1.76. The highest BCUT2D eigenvalue weighted by atomic mass is 79.9. The molecular weight excluding hydrogens is 452 g/mol. The zero-order valence-electron chi connectivity index (χ0n) is 16.1. The number of allylic oxidation sites excluding steroid dienone is 1. The number of aromatic hydroxyl groups is 1. The molecule has 1 amide bonds. The van der Waals surface area contributed by atoms with E-state index in [1.165, 1.54) is 11.8 Å². The van der Waals surface area contributed by atoms with Crippen molar-refractivity contribution in [2.75, 3.05) is 11.1 Å². The molecule has 0 spiro atoms. The molecule has 0 saturated carbocycles. The van der Waals surface area contributed by atoms with Gasteiger partial charge < -0.3 is 10.4 Å². The molecule has 8 heteroatoms. The molecule has 0 bridgehead atoms. The van der Waals surface area contributed by atoms with E-state index in [2.05, 4.69) is 38.0 Å². The SMILES string of the molecule is C=CCn1c(SCC(=O)Nc2c(C)cc(Br)cc2C)nnc1-c1ccccc1O. The number of hydrogen-bond donors (Lipinski definition) is 2. The van der Waals surface area contributed by atoms with Crippen LogP contribution in [0.15, 0.2) is 58.7 Å². The van der Waals surface area contributed by atoms with E-state index in [1.807, 2.05) is 36.6 Å². The Labute approximate surface area is 182 Å². The third kappa shape index (κ3) is 4.89. The highest BCUT2D eigenvalue weighted by Crippen LogP contribution is 2.30. The van der Waals surface area contributed by atoms with Gasteiger partial charge in [0.1, 0.15) is 5.75 Å². The minimum Gasteiger partial charge on any atom is -0.507 e. The van der Waals surface area contributed by atoms with E-state index >= 15 is 0 Å². The maximum Gasteiger partial charge on any atom is 0.234 e. The zero-order valence-corrected chi connectivity index (χ0v) is 18.5. The zero-order chi connectivity index (χ0) is 21.0. The Morgan fingerprint density at radius 3 is 2.62 bits per heavy atom. The van der Waals surface area contributed by atoms with Gasteiger partial charge in [0.15, 0.2) is 11.0 Å². The fourth-order valence-corrected chi connectivity index (χ4v) is 4.40. The number of amides is 1. The Kier molecular flexibility index (Phi) is 6.76. The molecule has 3 rings (SSSR count). The van der Waals surface area contributed by atoms with Gasteiger partial charge in [0.2, 0.25) is 5.91 Å². The molecule has 2 aromatic carbocycles. The third-order valence-corrected chi connectivity index (χ3v) is 5.69. The first kappa shape index (κ1) is 21.1. The van der Waals surface area contributed by atoms with E-state index in [4.69, 9.17) is 0 Å². The first-order chi connectivity index (χ1) is 13.9. The van der Waals surface area contributed by atoms with Gasteiger partial charge in [-0.15, -0.1) is 16.8 Å². The molecule has 1 aromatic heterocycles. The predicted molar refractivity (Wildman–Crippen MR) is 120 cm³/mol. The first-order valence-corrected chi connectivity index (χ1v) is 10.7. The predicted octanol–water partition coefficient (Wildman–Crippen LogP) is 4.95. The van der Waals surface area contributed by atoms with Crippen LogP contribution >= 0.6 is 27.7 Å². The topological polar surface area (TPSA) is 80.0 Å². The number of thioether (sulfide) groups is 1. The maximum atomic E-state index is 12.5. The van der Waals surface area contributed by atoms with E-state index in [1.54, 1.807) is 24.3 Å². The normalized spacial score (nSPS) is 10.7. The lowest BCUT2D eigenvalue weighted by atomic mass is 10.1. The van der Waals surface area contributed by atoms with Crippen molar-refractivity contribution in [1.82, 2.24) is 14.8 Å². The van der Waals surface area contributed by atoms with E-state index < -0.39 is 0 Å². The number of benzene rings is 2. The highest BCUT2D eigenvalue weighted by Gasteiger charge is 2.17. The largest absolute Gasteiger partial charge is 0.507 e. The minimum absolute atomic E-state index is 0.124. The molecule has 3 aromatic rings. The molecule has 150 valence electrons. The van der Waals surface area contributed by atoms with Gasteiger partial charge in [0.05, 0.1) is 11.3 Å². The minimum atomic E-state index is -0.124. The second kappa shape index (κ2) is 9.28. The van der Waals surface area contributed by atoms with E-state index in [0.29, 0.717) is 23.1 Å². The van der Waals surface area contributed by atoms with Gasteiger partial charge in [-0.25, -0.2) is 0 Å². The Morgan fingerprint density at radius 1 is 1.28 bits per heavy atom. The molecule has 0 aliphatic rings. The van der Waals surface area contributed by atoms with Gasteiger partial charge in [-0.2, -0.15) is 0 Å². The number of para-hydroxylation sites is 1. The molecule has 0 saturated heterocycles. The standard InChI is InChI=1S/C21H21BrN4O2S/c1-4-9-26-20(16-7-5-6-8-17(16)27)24-25-21(26)29-12-18(28)23-19-13(2)10-15(22)11-14(19)3/h4-8,10-11,27H,1,9,12H2,2-3H3,(H,23,28). The van der Waals surface area contributed by atoms with Gasteiger partial charge >= 0.3 is 0 Å². The lowest BCUT2D eigenvalue weighted by Crippen LogP contribution is -2.16. The smallest absolute Gasteiger partial charge is 0.234 e. The fraction of sp³-hybridized carbons (Fsp3) is 0.190. The second-order valence-electron chi connectivity index (χ2n) is 6.47. The average Bonchev–Trinajstić information content (AvgIpc) is 3.06. The molecule has 6 nitrogen and oxygen atoms in total. The lowest BCUT2D eigenvalue weighted by molar-refractivity contribution is -0.113. The van der Waals surface area contributed by atoms with Crippen LogP contribution in [0.1, 0.15) is 11.1 Å². The molecule has 1 heterocycles. The summed E-state index contributed by atoms with van der Waals surface area (Å²) in [6, 6.07) is 10.9. The monoisotopic (exact) mass is 472 g/mol. The second-order valence-corrected chi connectivity index (χ2v) is 8.33. The van der Waals surface area contributed by atoms with Crippen molar-refractivity contribution in [1.29, 1.82) is 0 Å². The number of hydrogen-bond acceptors (Lipinski definition) is 5. The summed E-state index contributed by atoms with van der Waals surface area (Å²) in [5.41, 5.74) is 3.39. The summed E-state index contributed by atoms with van der Waals surface area (Å²) in [4.78, 5) is 12.5. The van der Waals surface area contributed by atoms with E-state index in [9.17, 15) is 9.90 Å². The van der Waals surface area contributed by atoms with Crippen molar-refractivity contribution in [3.8, 4) is 17.1 Å². The van der Waals surface area contributed by atoms with Crippen molar-refractivity contribution in [2.24, 2.45) is 0 Å². The van der Waals surface area contributed by atoms with Crippen molar-refractivity contribution < 1.29 is 9.90 Å². The van der Waals surface area contributed by atoms with Crippen LogP contribution < -0.4 is 5.32 Å². The van der Waals surface area contributed by atoms with Crippen molar-refractivity contribution >= 4 is 39.3 Å². The number of aryl methyl sites for hydroxylation is 2. The summed E-state index contributed by atoms with van der Waals surface area (Å²) in [6.07, 6.45) is 1.73. The van der Waals surface area contributed by atoms with Gasteiger partial charge in [-0.1, -0.05) is 45.9 Å². The number of nitrogens with zero attached hydrogens (tertiary/aromatic N) is 3. The molecule has 29 heavy (non-hydrogen) atoms.